The Bertz CT molecular complexity index is 602. The van der Waals surface area contributed by atoms with E-state index >= 15 is 0 Å². The van der Waals surface area contributed by atoms with Gasteiger partial charge in [0.05, 0.1) is 25.7 Å². The average Bonchev–Trinajstić information content (AvgIpc) is 2.38. The topological polar surface area (TPSA) is 17.1 Å². The number of hydrogen-bond acceptors (Lipinski definition) is 1. The third kappa shape index (κ3) is 3.42. The number of benzene rings is 2. The highest BCUT2D eigenvalue weighted by molar-refractivity contribution is 7.66. The van der Waals surface area contributed by atoms with Gasteiger partial charge in [-0.25, -0.2) is 0 Å². The molecule has 0 saturated heterocycles. The summed E-state index contributed by atoms with van der Waals surface area (Å²) in [6.07, 6.45) is 0. The zero-order valence-corrected chi connectivity index (χ0v) is 13.4. The first-order valence-electron chi connectivity index (χ1n) is 5.20. The second kappa shape index (κ2) is 6.43. The summed E-state index contributed by atoms with van der Waals surface area (Å²) in [5.41, 5.74) is -0.00591. The molecule has 0 fully saturated rings. The third-order valence-electron chi connectivity index (χ3n) is 2.37. The minimum Gasteiger partial charge on any atom is -0.289 e. The molecule has 0 heterocycles. The van der Waals surface area contributed by atoms with Gasteiger partial charge in [0.2, 0.25) is 0 Å². The lowest BCUT2D eigenvalue weighted by Crippen LogP contribution is -2.02. The minimum atomic E-state index is -0.189. The van der Waals surface area contributed by atoms with Crippen molar-refractivity contribution in [2.75, 3.05) is 0 Å². The first-order chi connectivity index (χ1) is 9.00. The molecule has 1 unspecified atom stereocenters. The van der Waals surface area contributed by atoms with Crippen molar-refractivity contribution in [1.82, 2.24) is 0 Å². The van der Waals surface area contributed by atoms with Gasteiger partial charge in [0.1, 0.15) is 0 Å². The first kappa shape index (κ1) is 15.1. The molecule has 2 aromatic rings. The number of rotatable bonds is 3. The van der Waals surface area contributed by atoms with Crippen LogP contribution in [0.3, 0.4) is 0 Å². The summed E-state index contributed by atoms with van der Waals surface area (Å²) >= 11 is 23.9. The van der Waals surface area contributed by atoms with Crippen LogP contribution in [0.2, 0.25) is 20.1 Å². The molecule has 2 rings (SSSR count). The molecule has 0 bridgehead atoms. The van der Waals surface area contributed by atoms with E-state index in [2.05, 4.69) is 0 Å². The van der Waals surface area contributed by atoms with Gasteiger partial charge in [0, 0.05) is 0 Å². The van der Waals surface area contributed by atoms with E-state index in [0.29, 0.717) is 0 Å². The van der Waals surface area contributed by atoms with E-state index in [9.17, 15) is 4.79 Å². The fourth-order valence-electron chi connectivity index (χ4n) is 1.49. The van der Waals surface area contributed by atoms with Gasteiger partial charge in [-0.1, -0.05) is 76.7 Å². The molecule has 19 heavy (non-hydrogen) atoms. The number of carbonyl (C=O) groups excluding carboxylic acids is 1. The fourth-order valence-corrected chi connectivity index (χ4v) is 3.62. The van der Waals surface area contributed by atoms with E-state index in [4.69, 9.17) is 46.4 Å². The second-order valence-electron chi connectivity index (χ2n) is 3.66. The SMILES string of the molecule is O=C(Pc1ccccc1)c1c(Cl)c(Cl)cc(Cl)c1Cl. The quantitative estimate of drug-likeness (QED) is 0.531. The Hall–Kier alpha value is -0.300. The summed E-state index contributed by atoms with van der Waals surface area (Å²) in [7, 11) is -0.0839. The van der Waals surface area contributed by atoms with Crippen molar-refractivity contribution in [2.24, 2.45) is 0 Å². The molecule has 2 aromatic carbocycles. The van der Waals surface area contributed by atoms with Gasteiger partial charge >= 0.3 is 0 Å². The zero-order valence-electron chi connectivity index (χ0n) is 9.38. The molecule has 0 aliphatic heterocycles. The lowest BCUT2D eigenvalue weighted by atomic mass is 10.2. The Labute approximate surface area is 132 Å². The third-order valence-corrected chi connectivity index (χ3v) is 5.04. The van der Waals surface area contributed by atoms with Crippen molar-refractivity contribution >= 4 is 65.8 Å². The molecular formula is C13H7Cl4OP. The van der Waals surface area contributed by atoms with Crippen LogP contribution in [-0.4, -0.2) is 5.52 Å². The molecule has 0 aromatic heterocycles. The smallest absolute Gasteiger partial charge is 0.188 e. The van der Waals surface area contributed by atoms with Crippen molar-refractivity contribution in [3.8, 4) is 0 Å². The molecule has 1 atom stereocenters. The van der Waals surface area contributed by atoms with Crippen molar-refractivity contribution in [2.45, 2.75) is 0 Å². The highest BCUT2D eigenvalue weighted by Crippen LogP contribution is 2.39. The monoisotopic (exact) mass is 350 g/mol. The van der Waals surface area contributed by atoms with Gasteiger partial charge in [-0.05, 0) is 20.0 Å². The van der Waals surface area contributed by atoms with E-state index in [1.807, 2.05) is 30.3 Å². The number of halogens is 4. The Morgan fingerprint density at radius 1 is 0.895 bits per heavy atom. The van der Waals surface area contributed by atoms with Crippen molar-refractivity contribution in [3.05, 3.63) is 62.1 Å². The van der Waals surface area contributed by atoms with Gasteiger partial charge in [0.25, 0.3) is 0 Å². The minimum absolute atomic E-state index is 0.0839. The highest BCUT2D eigenvalue weighted by atomic mass is 35.5. The van der Waals surface area contributed by atoms with E-state index < -0.39 is 0 Å². The summed E-state index contributed by atoms with van der Waals surface area (Å²) < 4.78 is 0. The summed E-state index contributed by atoms with van der Waals surface area (Å²) in [6.45, 7) is 0. The van der Waals surface area contributed by atoms with Gasteiger partial charge in [-0.15, -0.1) is 0 Å². The standard InChI is InChI=1S/C13H7Cl4OP/c14-8-6-9(15)12(17)10(11(8)16)13(18)19-7-4-2-1-3-5-7/h1-6,19H. The molecule has 98 valence electrons. The van der Waals surface area contributed by atoms with Crippen LogP contribution in [0.5, 0.6) is 0 Å². The van der Waals surface area contributed by atoms with Crippen LogP contribution in [0, 0.1) is 0 Å². The summed E-state index contributed by atoms with van der Waals surface area (Å²) in [6, 6.07) is 10.8. The molecule has 0 aliphatic carbocycles. The maximum atomic E-state index is 12.3. The Morgan fingerprint density at radius 2 is 1.42 bits per heavy atom. The van der Waals surface area contributed by atoms with Crippen LogP contribution in [0.15, 0.2) is 36.4 Å². The van der Waals surface area contributed by atoms with Crippen molar-refractivity contribution in [3.63, 3.8) is 0 Å². The van der Waals surface area contributed by atoms with Gasteiger partial charge in [0.15, 0.2) is 5.52 Å². The van der Waals surface area contributed by atoms with E-state index in [1.165, 1.54) is 6.07 Å². The highest BCUT2D eigenvalue weighted by Gasteiger charge is 2.20. The van der Waals surface area contributed by atoms with Crippen LogP contribution < -0.4 is 5.30 Å². The number of hydrogen-bond donors (Lipinski definition) is 0. The average molecular weight is 352 g/mol. The molecule has 6 heteroatoms. The predicted molar refractivity (Wildman–Crippen MR) is 85.2 cm³/mol. The molecule has 0 aliphatic rings. The summed E-state index contributed by atoms with van der Waals surface area (Å²) in [4.78, 5) is 12.3. The van der Waals surface area contributed by atoms with Crippen LogP contribution in [0.25, 0.3) is 0 Å². The zero-order chi connectivity index (χ0) is 14.0. The van der Waals surface area contributed by atoms with Gasteiger partial charge in [-0.3, -0.25) is 4.79 Å². The first-order valence-corrected chi connectivity index (χ1v) is 7.71. The van der Waals surface area contributed by atoms with Crippen LogP contribution in [-0.2, 0) is 0 Å². The van der Waals surface area contributed by atoms with Crippen molar-refractivity contribution < 1.29 is 4.79 Å². The molecule has 0 amide bonds. The lowest BCUT2D eigenvalue weighted by Gasteiger charge is -2.09. The summed E-state index contributed by atoms with van der Waals surface area (Å²) in [5, 5.41) is 1.62. The van der Waals surface area contributed by atoms with E-state index in [0.717, 1.165) is 5.30 Å². The van der Waals surface area contributed by atoms with Gasteiger partial charge in [-0.2, -0.15) is 0 Å². The maximum absolute atomic E-state index is 12.3. The fraction of sp³-hybridized carbons (Fsp3) is 0. The number of carbonyl (C=O) groups is 1. The molecule has 1 nitrogen and oxygen atoms in total. The molecular weight excluding hydrogens is 345 g/mol. The molecule has 0 saturated carbocycles. The largest absolute Gasteiger partial charge is 0.289 e. The van der Waals surface area contributed by atoms with E-state index in [-0.39, 0.29) is 39.8 Å². The van der Waals surface area contributed by atoms with E-state index in [1.54, 1.807) is 0 Å². The lowest BCUT2D eigenvalue weighted by molar-refractivity contribution is 0.108. The Balaban J connectivity index is 2.40. The normalized spacial score (nSPS) is 11.2. The summed E-state index contributed by atoms with van der Waals surface area (Å²) in [5.74, 6) is 0. The van der Waals surface area contributed by atoms with Crippen LogP contribution in [0.4, 0.5) is 0 Å². The van der Waals surface area contributed by atoms with Crippen molar-refractivity contribution in [1.29, 1.82) is 0 Å². The molecule has 0 N–H and O–H groups in total. The Morgan fingerprint density at radius 3 is 1.95 bits per heavy atom. The molecule has 0 radical (unpaired) electrons. The Kier molecular flexibility index (Phi) is 5.11. The van der Waals surface area contributed by atoms with Gasteiger partial charge < -0.3 is 0 Å². The predicted octanol–water partition coefficient (Wildman–Crippen LogP) is 5.44. The molecule has 0 spiro atoms. The second-order valence-corrected chi connectivity index (χ2v) is 6.52. The van der Waals surface area contributed by atoms with Crippen LogP contribution >= 0.6 is 55.0 Å². The maximum Gasteiger partial charge on any atom is 0.188 e. The van der Waals surface area contributed by atoms with Crippen LogP contribution in [0.1, 0.15) is 10.4 Å².